The highest BCUT2D eigenvalue weighted by molar-refractivity contribution is 5.80. The lowest BCUT2D eigenvalue weighted by molar-refractivity contribution is -0.139. The molecule has 2 fully saturated rings. The fourth-order valence-electron chi connectivity index (χ4n) is 2.41. The van der Waals surface area contributed by atoms with Gasteiger partial charge in [0.15, 0.2) is 0 Å². The summed E-state index contributed by atoms with van der Waals surface area (Å²) in [4.78, 5) is 14.1. The van der Waals surface area contributed by atoms with Crippen molar-refractivity contribution in [2.24, 2.45) is 11.8 Å². The largest absolute Gasteiger partial charge is 0.381 e. The Hall–Kier alpha value is -0.610. The van der Waals surface area contributed by atoms with Crippen molar-refractivity contribution in [3.63, 3.8) is 0 Å². The van der Waals surface area contributed by atoms with E-state index in [9.17, 15) is 4.79 Å². The van der Waals surface area contributed by atoms with Gasteiger partial charge < -0.3 is 15.0 Å². The number of likely N-dealkylation sites (tertiary alicyclic amines) is 1. The summed E-state index contributed by atoms with van der Waals surface area (Å²) in [6, 6.07) is 0. The lowest BCUT2D eigenvalue weighted by atomic mass is 9.95. The van der Waals surface area contributed by atoms with Crippen molar-refractivity contribution in [1.82, 2.24) is 10.2 Å². The van der Waals surface area contributed by atoms with E-state index in [0.717, 1.165) is 45.8 Å². The Balaban J connectivity index is 1.78. The molecule has 0 radical (unpaired) electrons. The third kappa shape index (κ3) is 2.74. The molecule has 1 N–H and O–H groups in total. The maximum Gasteiger partial charge on any atom is 0.228 e. The van der Waals surface area contributed by atoms with Gasteiger partial charge in [-0.1, -0.05) is 0 Å². The molecule has 2 aliphatic heterocycles. The van der Waals surface area contributed by atoms with Crippen LogP contribution in [0.25, 0.3) is 0 Å². The number of amides is 1. The summed E-state index contributed by atoms with van der Waals surface area (Å²) in [5, 5.41) is 3.15. The molecule has 4 nitrogen and oxygen atoms in total. The van der Waals surface area contributed by atoms with E-state index < -0.39 is 0 Å². The molecular formula is C12H22N2O2. The zero-order valence-electron chi connectivity index (χ0n) is 10.1. The molecule has 0 aromatic heterocycles. The molecule has 0 saturated carbocycles. The highest BCUT2D eigenvalue weighted by atomic mass is 16.5. The molecule has 0 spiro atoms. The van der Waals surface area contributed by atoms with Crippen molar-refractivity contribution >= 4 is 5.91 Å². The molecule has 0 aliphatic carbocycles. The first-order valence-corrected chi connectivity index (χ1v) is 6.38. The van der Waals surface area contributed by atoms with E-state index >= 15 is 0 Å². The zero-order valence-corrected chi connectivity index (χ0v) is 10.1. The molecule has 2 saturated heterocycles. The van der Waals surface area contributed by atoms with Crippen LogP contribution in [0, 0.1) is 11.8 Å². The van der Waals surface area contributed by atoms with E-state index in [-0.39, 0.29) is 5.92 Å². The number of nitrogens with one attached hydrogen (secondary N) is 1. The van der Waals surface area contributed by atoms with E-state index in [4.69, 9.17) is 4.74 Å². The Labute approximate surface area is 97.3 Å². The fourth-order valence-corrected chi connectivity index (χ4v) is 2.41. The first-order valence-electron chi connectivity index (χ1n) is 6.38. The summed E-state index contributed by atoms with van der Waals surface area (Å²) >= 11 is 0. The highest BCUT2D eigenvalue weighted by Crippen LogP contribution is 2.19. The van der Waals surface area contributed by atoms with Crippen LogP contribution < -0.4 is 5.32 Å². The zero-order chi connectivity index (χ0) is 11.4. The van der Waals surface area contributed by atoms with Crippen molar-refractivity contribution in [1.29, 1.82) is 0 Å². The molecule has 0 bridgehead atoms. The first-order chi connectivity index (χ1) is 7.81. The lowest BCUT2D eigenvalue weighted by Gasteiger charge is -2.37. The van der Waals surface area contributed by atoms with Crippen LogP contribution in [0.3, 0.4) is 0 Å². The second kappa shape index (κ2) is 5.64. The van der Waals surface area contributed by atoms with Crippen molar-refractivity contribution in [3.05, 3.63) is 0 Å². The van der Waals surface area contributed by atoms with Crippen LogP contribution in [0.15, 0.2) is 0 Å². The Bertz CT molecular complexity index is 241. The maximum atomic E-state index is 12.0. The van der Waals surface area contributed by atoms with Gasteiger partial charge in [-0.25, -0.2) is 0 Å². The standard InChI is InChI=1S/C12H22N2O2/c1-2-16-9-10-4-3-5-14(8-10)12(15)11-6-13-7-11/h10-11,13H,2-9H2,1H3. The first kappa shape index (κ1) is 11.9. The summed E-state index contributed by atoms with van der Waals surface area (Å²) in [7, 11) is 0. The van der Waals surface area contributed by atoms with Crippen LogP contribution in [0.1, 0.15) is 19.8 Å². The van der Waals surface area contributed by atoms with E-state index in [2.05, 4.69) is 5.32 Å². The number of carbonyl (C=O) groups is 1. The van der Waals surface area contributed by atoms with E-state index in [1.54, 1.807) is 0 Å². The Kier molecular flexibility index (Phi) is 4.18. The molecule has 0 aromatic rings. The Morgan fingerprint density at radius 2 is 2.31 bits per heavy atom. The predicted octanol–water partition coefficient (Wildman–Crippen LogP) is 0.481. The lowest BCUT2D eigenvalue weighted by Crippen LogP contribution is -2.54. The fraction of sp³-hybridized carbons (Fsp3) is 0.917. The van der Waals surface area contributed by atoms with Crippen LogP contribution in [0.2, 0.25) is 0 Å². The summed E-state index contributed by atoms with van der Waals surface area (Å²) in [6.45, 7) is 7.18. The molecule has 2 aliphatic rings. The number of ether oxygens (including phenoxy) is 1. The van der Waals surface area contributed by atoms with Gasteiger partial charge in [-0.05, 0) is 25.7 Å². The van der Waals surface area contributed by atoms with Crippen LogP contribution in [0.4, 0.5) is 0 Å². The van der Waals surface area contributed by atoms with Crippen molar-refractivity contribution in [2.75, 3.05) is 39.4 Å². The topological polar surface area (TPSA) is 41.6 Å². The monoisotopic (exact) mass is 226 g/mol. The van der Waals surface area contributed by atoms with Gasteiger partial charge >= 0.3 is 0 Å². The average Bonchev–Trinajstić information content (AvgIpc) is 2.24. The molecule has 1 unspecified atom stereocenters. The Morgan fingerprint density at radius 3 is 2.94 bits per heavy atom. The van der Waals surface area contributed by atoms with Gasteiger partial charge in [0.2, 0.25) is 5.91 Å². The summed E-state index contributed by atoms with van der Waals surface area (Å²) in [5.41, 5.74) is 0. The van der Waals surface area contributed by atoms with Crippen LogP contribution >= 0.6 is 0 Å². The predicted molar refractivity (Wildman–Crippen MR) is 62.2 cm³/mol. The number of hydrogen-bond donors (Lipinski definition) is 1. The molecule has 16 heavy (non-hydrogen) atoms. The molecule has 2 heterocycles. The van der Waals surface area contributed by atoms with Gasteiger partial charge in [0.05, 0.1) is 12.5 Å². The number of rotatable bonds is 4. The van der Waals surface area contributed by atoms with Crippen molar-refractivity contribution in [3.8, 4) is 0 Å². The number of hydrogen-bond acceptors (Lipinski definition) is 3. The quantitative estimate of drug-likeness (QED) is 0.758. The molecule has 4 heteroatoms. The molecule has 2 rings (SSSR count). The van der Waals surface area contributed by atoms with E-state index in [1.807, 2.05) is 11.8 Å². The number of carbonyl (C=O) groups excluding carboxylic acids is 1. The minimum absolute atomic E-state index is 0.242. The van der Waals surface area contributed by atoms with Crippen LogP contribution in [-0.2, 0) is 9.53 Å². The van der Waals surface area contributed by atoms with Crippen molar-refractivity contribution < 1.29 is 9.53 Å². The van der Waals surface area contributed by atoms with Crippen LogP contribution in [-0.4, -0.2) is 50.2 Å². The highest BCUT2D eigenvalue weighted by Gasteiger charge is 2.31. The molecule has 92 valence electrons. The summed E-state index contributed by atoms with van der Waals surface area (Å²) in [6.07, 6.45) is 2.33. The molecule has 1 amide bonds. The van der Waals surface area contributed by atoms with Gasteiger partial charge in [-0.3, -0.25) is 4.79 Å². The number of nitrogens with zero attached hydrogens (tertiary/aromatic N) is 1. The normalized spacial score (nSPS) is 26.6. The molecule has 1 atom stereocenters. The minimum atomic E-state index is 0.242. The van der Waals surface area contributed by atoms with E-state index in [1.165, 1.54) is 6.42 Å². The van der Waals surface area contributed by atoms with Crippen molar-refractivity contribution in [2.45, 2.75) is 19.8 Å². The average molecular weight is 226 g/mol. The molecule has 0 aromatic carbocycles. The van der Waals surface area contributed by atoms with Gasteiger partial charge in [-0.15, -0.1) is 0 Å². The van der Waals surface area contributed by atoms with E-state index in [0.29, 0.717) is 11.8 Å². The second-order valence-corrected chi connectivity index (χ2v) is 4.81. The molecular weight excluding hydrogens is 204 g/mol. The second-order valence-electron chi connectivity index (χ2n) is 4.81. The van der Waals surface area contributed by atoms with Gasteiger partial charge in [-0.2, -0.15) is 0 Å². The number of piperidine rings is 1. The minimum Gasteiger partial charge on any atom is -0.381 e. The smallest absolute Gasteiger partial charge is 0.228 e. The SMILES string of the molecule is CCOCC1CCCN(C(=O)C2CNC2)C1. The third-order valence-corrected chi connectivity index (χ3v) is 3.52. The Morgan fingerprint density at radius 1 is 1.50 bits per heavy atom. The summed E-state index contributed by atoms with van der Waals surface area (Å²) in [5.74, 6) is 1.14. The van der Waals surface area contributed by atoms with Gasteiger partial charge in [0, 0.05) is 32.8 Å². The summed E-state index contributed by atoms with van der Waals surface area (Å²) < 4.78 is 5.45. The van der Waals surface area contributed by atoms with Crippen LogP contribution in [0.5, 0.6) is 0 Å². The maximum absolute atomic E-state index is 12.0. The van der Waals surface area contributed by atoms with Gasteiger partial charge in [0.25, 0.3) is 0 Å². The third-order valence-electron chi connectivity index (χ3n) is 3.52. The van der Waals surface area contributed by atoms with Gasteiger partial charge in [0.1, 0.15) is 0 Å².